The van der Waals surface area contributed by atoms with Crippen LogP contribution in [0.4, 0.5) is 0 Å². The van der Waals surface area contributed by atoms with Gasteiger partial charge in [0.25, 0.3) is 5.91 Å². The van der Waals surface area contributed by atoms with Gasteiger partial charge in [-0.3, -0.25) is 9.78 Å². The maximum atomic E-state index is 12.8. The minimum atomic E-state index is -0.0348. The molecule has 5 nitrogen and oxygen atoms in total. The molecular weight excluding hydrogens is 348 g/mol. The highest BCUT2D eigenvalue weighted by atomic mass is 16.1. The highest BCUT2D eigenvalue weighted by molar-refractivity contribution is 6.15. The van der Waals surface area contributed by atoms with Gasteiger partial charge >= 0.3 is 0 Å². The molecule has 144 valence electrons. The van der Waals surface area contributed by atoms with Crippen LogP contribution in [0, 0.1) is 6.92 Å². The zero-order valence-corrected chi connectivity index (χ0v) is 17.1. The van der Waals surface area contributed by atoms with Crippen LogP contribution in [0.2, 0.25) is 0 Å². The van der Waals surface area contributed by atoms with Crippen LogP contribution in [-0.2, 0) is 7.05 Å². The van der Waals surface area contributed by atoms with E-state index in [1.54, 1.807) is 0 Å². The summed E-state index contributed by atoms with van der Waals surface area (Å²) in [6.07, 6.45) is 3.74. The molecule has 0 saturated carbocycles. The Balaban J connectivity index is 1.85. The number of aryl methyl sites for hydroxylation is 2. The van der Waals surface area contributed by atoms with E-state index in [-0.39, 0.29) is 11.9 Å². The Morgan fingerprint density at radius 2 is 1.96 bits per heavy atom. The largest absolute Gasteiger partial charge is 0.348 e. The van der Waals surface area contributed by atoms with E-state index in [1.807, 2.05) is 51.6 Å². The molecule has 2 aromatic carbocycles. The summed E-state index contributed by atoms with van der Waals surface area (Å²) in [5.74, 6) is -0.0348. The maximum Gasteiger partial charge on any atom is 0.251 e. The molecular formula is C23H26N4O. The number of fused-ring (bicyclic) bond motifs is 4. The number of rotatable bonds is 4. The summed E-state index contributed by atoms with van der Waals surface area (Å²) in [5, 5.41) is 7.68. The number of carbonyl (C=O) groups excluding carboxylic acids is 1. The van der Waals surface area contributed by atoms with Crippen molar-refractivity contribution >= 4 is 38.5 Å². The van der Waals surface area contributed by atoms with Gasteiger partial charge in [0.2, 0.25) is 0 Å². The van der Waals surface area contributed by atoms with Crippen molar-refractivity contribution in [3.8, 4) is 0 Å². The van der Waals surface area contributed by atoms with Gasteiger partial charge in [-0.1, -0.05) is 0 Å². The maximum absolute atomic E-state index is 12.8. The van der Waals surface area contributed by atoms with Crippen molar-refractivity contribution in [1.82, 2.24) is 19.8 Å². The molecule has 4 aromatic rings. The van der Waals surface area contributed by atoms with Crippen LogP contribution in [0.1, 0.15) is 22.8 Å². The molecule has 0 aliphatic carbocycles. The van der Waals surface area contributed by atoms with Gasteiger partial charge in [-0.2, -0.15) is 0 Å². The topological polar surface area (TPSA) is 50.2 Å². The lowest BCUT2D eigenvalue weighted by molar-refractivity contribution is 0.0934. The van der Waals surface area contributed by atoms with E-state index in [1.165, 1.54) is 16.5 Å². The fraction of sp³-hybridized carbons (Fsp3) is 0.304. The van der Waals surface area contributed by atoms with E-state index in [0.29, 0.717) is 5.56 Å². The number of carbonyl (C=O) groups is 1. The van der Waals surface area contributed by atoms with Crippen molar-refractivity contribution in [2.24, 2.45) is 7.05 Å². The van der Waals surface area contributed by atoms with Crippen molar-refractivity contribution < 1.29 is 4.79 Å². The van der Waals surface area contributed by atoms with Gasteiger partial charge in [0.1, 0.15) is 0 Å². The molecule has 0 radical (unpaired) electrons. The predicted octanol–water partition coefficient (Wildman–Crippen LogP) is 3.87. The summed E-state index contributed by atoms with van der Waals surface area (Å²) in [4.78, 5) is 19.1. The molecule has 2 heterocycles. The lowest BCUT2D eigenvalue weighted by Gasteiger charge is -2.18. The number of nitrogens with one attached hydrogen (secondary N) is 1. The molecule has 1 N–H and O–H groups in total. The average Bonchev–Trinajstić information content (AvgIpc) is 2.93. The van der Waals surface area contributed by atoms with Crippen molar-refractivity contribution in [3.05, 3.63) is 53.9 Å². The van der Waals surface area contributed by atoms with Gasteiger partial charge in [0.05, 0.1) is 5.52 Å². The van der Waals surface area contributed by atoms with Crippen LogP contribution in [-0.4, -0.2) is 47.0 Å². The second-order valence-corrected chi connectivity index (χ2v) is 7.92. The molecule has 4 rings (SSSR count). The van der Waals surface area contributed by atoms with E-state index in [2.05, 4.69) is 45.9 Å². The summed E-state index contributed by atoms with van der Waals surface area (Å²) in [5.41, 5.74) is 4.25. The molecule has 28 heavy (non-hydrogen) atoms. The van der Waals surface area contributed by atoms with Crippen molar-refractivity contribution in [3.63, 3.8) is 0 Å². The number of aromatic nitrogens is 2. The van der Waals surface area contributed by atoms with Crippen molar-refractivity contribution in [1.29, 1.82) is 0 Å². The fourth-order valence-corrected chi connectivity index (χ4v) is 4.26. The monoisotopic (exact) mass is 374 g/mol. The number of hydrogen-bond donors (Lipinski definition) is 1. The van der Waals surface area contributed by atoms with Gasteiger partial charge < -0.3 is 14.8 Å². The third-order valence-electron chi connectivity index (χ3n) is 5.43. The van der Waals surface area contributed by atoms with Crippen LogP contribution in [0.15, 0.2) is 42.7 Å². The number of hydrogen-bond acceptors (Lipinski definition) is 3. The highest BCUT2D eigenvalue weighted by Gasteiger charge is 2.16. The summed E-state index contributed by atoms with van der Waals surface area (Å²) in [6.45, 7) is 4.98. The minimum absolute atomic E-state index is 0.0348. The first-order chi connectivity index (χ1) is 13.4. The van der Waals surface area contributed by atoms with E-state index in [4.69, 9.17) is 0 Å². The molecule has 0 aliphatic heterocycles. The molecule has 0 saturated heterocycles. The summed E-state index contributed by atoms with van der Waals surface area (Å²) < 4.78 is 2.22. The normalized spacial score (nSPS) is 12.9. The first-order valence-electron chi connectivity index (χ1n) is 9.58. The van der Waals surface area contributed by atoms with E-state index in [0.717, 1.165) is 28.2 Å². The number of amides is 1. The van der Waals surface area contributed by atoms with Crippen LogP contribution in [0.5, 0.6) is 0 Å². The Bertz CT molecular complexity index is 1210. The minimum Gasteiger partial charge on any atom is -0.348 e. The Kier molecular flexibility index (Phi) is 4.55. The molecule has 0 fully saturated rings. The Hall–Kier alpha value is -2.92. The lowest BCUT2D eigenvalue weighted by atomic mass is 10.0. The second kappa shape index (κ2) is 6.91. The quantitative estimate of drug-likeness (QED) is 0.590. The third kappa shape index (κ3) is 3.02. The van der Waals surface area contributed by atoms with Crippen LogP contribution >= 0.6 is 0 Å². The molecule has 5 heteroatoms. The first-order valence-corrected chi connectivity index (χ1v) is 9.58. The first kappa shape index (κ1) is 18.4. The molecule has 0 spiro atoms. The van der Waals surface area contributed by atoms with Gasteiger partial charge in [-0.25, -0.2) is 0 Å². The van der Waals surface area contributed by atoms with Gasteiger partial charge in [-0.15, -0.1) is 0 Å². The van der Waals surface area contributed by atoms with E-state index in [9.17, 15) is 4.79 Å². The van der Waals surface area contributed by atoms with E-state index < -0.39 is 0 Å². The zero-order valence-electron chi connectivity index (χ0n) is 17.1. The van der Waals surface area contributed by atoms with Crippen molar-refractivity contribution in [2.45, 2.75) is 19.9 Å². The van der Waals surface area contributed by atoms with Gasteiger partial charge in [0.15, 0.2) is 0 Å². The van der Waals surface area contributed by atoms with E-state index >= 15 is 0 Å². The summed E-state index contributed by atoms with van der Waals surface area (Å²) >= 11 is 0. The van der Waals surface area contributed by atoms with Crippen LogP contribution in [0.25, 0.3) is 32.6 Å². The molecule has 0 unspecified atom stereocenters. The average molecular weight is 374 g/mol. The smallest absolute Gasteiger partial charge is 0.251 e. The molecule has 1 atom stereocenters. The van der Waals surface area contributed by atoms with Gasteiger partial charge in [-0.05, 0) is 69.2 Å². The molecule has 1 amide bonds. The highest BCUT2D eigenvalue weighted by Crippen LogP contribution is 2.35. The molecule has 0 bridgehead atoms. The summed E-state index contributed by atoms with van der Waals surface area (Å²) in [6, 6.07) is 10.3. The van der Waals surface area contributed by atoms with Crippen molar-refractivity contribution in [2.75, 3.05) is 20.6 Å². The number of likely N-dealkylation sites (N-methyl/N-ethyl adjacent to an activating group) is 1. The Morgan fingerprint density at radius 3 is 2.71 bits per heavy atom. The Labute approximate surface area is 165 Å². The summed E-state index contributed by atoms with van der Waals surface area (Å²) in [7, 11) is 6.10. The van der Waals surface area contributed by atoms with Gasteiger partial charge in [0, 0.05) is 59.3 Å². The van der Waals surface area contributed by atoms with Crippen LogP contribution in [0.3, 0.4) is 0 Å². The van der Waals surface area contributed by atoms with Crippen LogP contribution < -0.4 is 5.32 Å². The lowest BCUT2D eigenvalue weighted by Crippen LogP contribution is -2.39. The number of pyridine rings is 1. The third-order valence-corrected chi connectivity index (χ3v) is 5.43. The standard InChI is InChI=1S/C23H26N4O/c1-14(13-26(3)4)25-23(28)16-6-7-21-19(10-16)20-11-17-12-24-9-8-18(17)15(2)22(20)27(21)5/h6-12,14H,13H2,1-5H3,(H,25,28)/t14-/m0/s1. The fourth-order valence-electron chi connectivity index (χ4n) is 4.26. The second-order valence-electron chi connectivity index (χ2n) is 7.92. The number of benzene rings is 2. The number of nitrogens with zero attached hydrogens (tertiary/aromatic N) is 3. The predicted molar refractivity (Wildman–Crippen MR) is 116 cm³/mol. The Morgan fingerprint density at radius 1 is 1.18 bits per heavy atom. The SMILES string of the molecule is Cc1c2ccncc2cc2c3cc(C(=O)N[C@@H](C)CN(C)C)ccc3n(C)c12. The zero-order chi connectivity index (χ0) is 20.0. The molecule has 0 aliphatic rings. The molecule has 2 aromatic heterocycles.